The topological polar surface area (TPSA) is 68.0 Å². The van der Waals surface area contributed by atoms with Crippen molar-refractivity contribution >= 4 is 21.8 Å². The number of aromatic nitrogens is 2. The van der Waals surface area contributed by atoms with Gasteiger partial charge in [0.05, 0.1) is 11.4 Å². The number of amides is 1. The van der Waals surface area contributed by atoms with Gasteiger partial charge < -0.3 is 9.84 Å². The van der Waals surface area contributed by atoms with E-state index in [9.17, 15) is 4.79 Å². The van der Waals surface area contributed by atoms with Crippen molar-refractivity contribution in [3.63, 3.8) is 0 Å². The van der Waals surface area contributed by atoms with E-state index in [1.54, 1.807) is 6.92 Å². The van der Waals surface area contributed by atoms with Gasteiger partial charge in [-0.15, -0.1) is 0 Å². The molecule has 0 bridgehead atoms. The molecule has 0 saturated carbocycles. The van der Waals surface area contributed by atoms with Crippen LogP contribution in [0, 0.1) is 12.8 Å². The summed E-state index contributed by atoms with van der Waals surface area (Å²) in [6.07, 6.45) is 0. The summed E-state index contributed by atoms with van der Waals surface area (Å²) in [5.41, 5.74) is 0. The van der Waals surface area contributed by atoms with Crippen LogP contribution in [0.2, 0.25) is 0 Å². The molecule has 0 aliphatic rings. The average molecular weight is 276 g/mol. The Hall–Kier alpha value is -0.910. The zero-order chi connectivity index (χ0) is 11.4. The average Bonchev–Trinajstić information content (AvgIpc) is 2.59. The first-order valence-electron chi connectivity index (χ1n) is 4.71. The first-order valence-corrected chi connectivity index (χ1v) is 5.63. The summed E-state index contributed by atoms with van der Waals surface area (Å²) in [5.74, 6) is 1.17. The van der Waals surface area contributed by atoms with Crippen LogP contribution in [-0.2, 0) is 11.3 Å². The number of hydrogen-bond donors (Lipinski definition) is 1. The molecular formula is C9H14BrN3O2. The van der Waals surface area contributed by atoms with E-state index in [0.717, 1.165) is 0 Å². The molecule has 0 aromatic carbocycles. The van der Waals surface area contributed by atoms with E-state index in [0.29, 0.717) is 18.3 Å². The molecule has 84 valence electrons. The number of halogens is 1. The molecule has 0 spiro atoms. The highest BCUT2D eigenvalue weighted by molar-refractivity contribution is 9.10. The van der Waals surface area contributed by atoms with Crippen molar-refractivity contribution in [1.82, 2.24) is 15.5 Å². The van der Waals surface area contributed by atoms with E-state index in [1.165, 1.54) is 0 Å². The maximum atomic E-state index is 11.5. The minimum atomic E-state index is -0.189. The standard InChI is InChI=1S/C9H14BrN3O2/c1-5(2)8(10)9(14)11-4-7-12-6(3)15-13-7/h5,8H,4H2,1-3H3,(H,11,14). The van der Waals surface area contributed by atoms with Crippen molar-refractivity contribution in [1.29, 1.82) is 0 Å². The molecule has 0 aliphatic heterocycles. The van der Waals surface area contributed by atoms with Gasteiger partial charge in [-0.1, -0.05) is 34.9 Å². The summed E-state index contributed by atoms with van der Waals surface area (Å²) < 4.78 is 4.78. The number of hydrogen-bond acceptors (Lipinski definition) is 4. The molecule has 0 radical (unpaired) electrons. The highest BCUT2D eigenvalue weighted by Gasteiger charge is 2.18. The fraction of sp³-hybridized carbons (Fsp3) is 0.667. The first-order chi connectivity index (χ1) is 7.00. The van der Waals surface area contributed by atoms with Crippen molar-refractivity contribution in [2.24, 2.45) is 5.92 Å². The van der Waals surface area contributed by atoms with Crippen molar-refractivity contribution in [2.45, 2.75) is 32.1 Å². The van der Waals surface area contributed by atoms with Gasteiger partial charge in [0.25, 0.3) is 0 Å². The number of alkyl halides is 1. The van der Waals surface area contributed by atoms with Crippen LogP contribution in [0.5, 0.6) is 0 Å². The van der Waals surface area contributed by atoms with Crippen LogP contribution in [0.1, 0.15) is 25.6 Å². The molecule has 5 nitrogen and oxygen atoms in total. The number of rotatable bonds is 4. The van der Waals surface area contributed by atoms with Crippen LogP contribution >= 0.6 is 15.9 Å². The van der Waals surface area contributed by atoms with Crippen molar-refractivity contribution in [3.8, 4) is 0 Å². The van der Waals surface area contributed by atoms with Crippen LogP contribution in [0.4, 0.5) is 0 Å². The molecule has 1 atom stereocenters. The molecule has 0 saturated heterocycles. The molecule has 6 heteroatoms. The summed E-state index contributed by atoms with van der Waals surface area (Å²) in [7, 11) is 0. The maximum Gasteiger partial charge on any atom is 0.234 e. The van der Waals surface area contributed by atoms with E-state index < -0.39 is 0 Å². The van der Waals surface area contributed by atoms with Gasteiger partial charge in [0, 0.05) is 6.92 Å². The summed E-state index contributed by atoms with van der Waals surface area (Å²) in [4.78, 5) is 15.3. The lowest BCUT2D eigenvalue weighted by molar-refractivity contribution is -0.121. The molecule has 1 aromatic rings. The third-order valence-corrected chi connectivity index (χ3v) is 3.30. The Bertz CT molecular complexity index is 338. The van der Waals surface area contributed by atoms with Crippen LogP contribution in [0.15, 0.2) is 4.52 Å². The minimum absolute atomic E-state index is 0.0625. The van der Waals surface area contributed by atoms with E-state index in [1.807, 2.05) is 13.8 Å². The highest BCUT2D eigenvalue weighted by Crippen LogP contribution is 2.11. The molecular weight excluding hydrogens is 262 g/mol. The van der Waals surface area contributed by atoms with Crippen LogP contribution in [0.25, 0.3) is 0 Å². The lowest BCUT2D eigenvalue weighted by Crippen LogP contribution is -2.33. The molecule has 1 aromatic heterocycles. The Balaban J connectivity index is 2.40. The minimum Gasteiger partial charge on any atom is -0.348 e. The smallest absolute Gasteiger partial charge is 0.234 e. The van der Waals surface area contributed by atoms with Gasteiger partial charge in [-0.25, -0.2) is 0 Å². The number of nitrogens with zero attached hydrogens (tertiary/aromatic N) is 2. The lowest BCUT2D eigenvalue weighted by atomic mass is 10.1. The second-order valence-electron chi connectivity index (χ2n) is 3.59. The summed E-state index contributed by atoms with van der Waals surface area (Å²) in [5, 5.41) is 6.40. The van der Waals surface area contributed by atoms with Gasteiger partial charge >= 0.3 is 0 Å². The highest BCUT2D eigenvalue weighted by atomic mass is 79.9. The van der Waals surface area contributed by atoms with Crippen molar-refractivity contribution in [2.75, 3.05) is 0 Å². The molecule has 0 aliphatic carbocycles. The van der Waals surface area contributed by atoms with Crippen molar-refractivity contribution < 1.29 is 9.32 Å². The van der Waals surface area contributed by atoms with E-state index in [4.69, 9.17) is 4.52 Å². The maximum absolute atomic E-state index is 11.5. The SMILES string of the molecule is Cc1nc(CNC(=O)C(Br)C(C)C)no1. The fourth-order valence-electron chi connectivity index (χ4n) is 0.980. The van der Waals surface area contributed by atoms with Gasteiger partial charge in [0.2, 0.25) is 11.8 Å². The predicted molar refractivity (Wildman–Crippen MR) is 58.4 cm³/mol. The number of carbonyl (C=O) groups is 1. The van der Waals surface area contributed by atoms with E-state index in [2.05, 4.69) is 31.4 Å². The number of nitrogens with one attached hydrogen (secondary N) is 1. The summed E-state index contributed by atoms with van der Waals surface area (Å²) in [6, 6.07) is 0. The predicted octanol–water partition coefficient (Wildman–Crippen LogP) is 1.41. The molecule has 0 fully saturated rings. The molecule has 1 rings (SSSR count). The van der Waals surface area contributed by atoms with E-state index in [-0.39, 0.29) is 16.7 Å². The summed E-state index contributed by atoms with van der Waals surface area (Å²) in [6.45, 7) is 5.94. The monoisotopic (exact) mass is 275 g/mol. The van der Waals surface area contributed by atoms with Gasteiger partial charge in [-0.05, 0) is 5.92 Å². The Morgan fingerprint density at radius 2 is 2.27 bits per heavy atom. The van der Waals surface area contributed by atoms with Crippen LogP contribution < -0.4 is 5.32 Å². The molecule has 1 amide bonds. The zero-order valence-corrected chi connectivity index (χ0v) is 10.5. The first kappa shape index (κ1) is 12.2. The Kier molecular flexibility index (Phi) is 4.26. The van der Waals surface area contributed by atoms with Crippen LogP contribution in [-0.4, -0.2) is 20.9 Å². The quantitative estimate of drug-likeness (QED) is 0.844. The van der Waals surface area contributed by atoms with Crippen LogP contribution in [0.3, 0.4) is 0 Å². The second-order valence-corrected chi connectivity index (χ2v) is 4.58. The van der Waals surface area contributed by atoms with E-state index >= 15 is 0 Å². The van der Waals surface area contributed by atoms with Gasteiger partial charge in [-0.3, -0.25) is 4.79 Å². The zero-order valence-electron chi connectivity index (χ0n) is 8.95. The van der Waals surface area contributed by atoms with Gasteiger partial charge in [-0.2, -0.15) is 4.98 Å². The molecule has 15 heavy (non-hydrogen) atoms. The Labute approximate surface area is 96.7 Å². The third-order valence-electron chi connectivity index (χ3n) is 1.83. The van der Waals surface area contributed by atoms with Gasteiger partial charge in [0.15, 0.2) is 5.82 Å². The fourth-order valence-corrected chi connectivity index (χ4v) is 1.14. The molecule has 1 unspecified atom stereocenters. The largest absolute Gasteiger partial charge is 0.348 e. The number of aryl methyl sites for hydroxylation is 1. The second kappa shape index (κ2) is 5.25. The Morgan fingerprint density at radius 3 is 2.73 bits per heavy atom. The summed E-state index contributed by atoms with van der Waals surface area (Å²) >= 11 is 3.31. The normalized spacial score (nSPS) is 12.9. The van der Waals surface area contributed by atoms with Crippen molar-refractivity contribution in [3.05, 3.63) is 11.7 Å². The van der Waals surface area contributed by atoms with Gasteiger partial charge in [0.1, 0.15) is 0 Å². The Morgan fingerprint density at radius 1 is 1.60 bits per heavy atom. The molecule has 1 heterocycles. The third kappa shape index (κ3) is 3.62. The lowest BCUT2D eigenvalue weighted by Gasteiger charge is -2.12. The number of carbonyl (C=O) groups excluding carboxylic acids is 1. The molecule has 1 N–H and O–H groups in total.